The summed E-state index contributed by atoms with van der Waals surface area (Å²) < 4.78 is 0. The summed E-state index contributed by atoms with van der Waals surface area (Å²) in [6.07, 6.45) is 56.1. The third kappa shape index (κ3) is 18.2. The Morgan fingerprint density at radius 3 is 0.556 bits per heavy atom. The molecule has 5 heteroatoms. The second-order valence-electron chi connectivity index (χ2n) is 6.65. The molecular weight excluding hydrogens is 768 g/mol. The Bertz CT molecular complexity index is 325. The van der Waals surface area contributed by atoms with E-state index < -0.39 is 0 Å². The minimum atomic E-state index is -0.335. The van der Waals surface area contributed by atoms with Crippen molar-refractivity contribution < 1.29 is 73.6 Å². The van der Waals surface area contributed by atoms with E-state index in [4.69, 9.17) is 0 Å². The first-order valence-corrected chi connectivity index (χ1v) is 11.7. The molecule has 6 aliphatic carbocycles. The van der Waals surface area contributed by atoms with Crippen molar-refractivity contribution in [1.29, 1.82) is 0 Å². The minimum Gasteiger partial charge on any atom is -0.358 e. The normalized spacial score (nSPS) is 23.2. The van der Waals surface area contributed by atoms with Crippen LogP contribution in [0, 0.1) is 198 Å². The van der Waals surface area contributed by atoms with Crippen LogP contribution in [0.15, 0.2) is 0 Å². The van der Waals surface area contributed by atoms with Crippen molar-refractivity contribution in [3.05, 3.63) is 198 Å². The molecule has 6 rings (SSSR count). The van der Waals surface area contributed by atoms with Crippen molar-refractivity contribution in [2.24, 2.45) is 0 Å². The van der Waals surface area contributed by atoms with Crippen LogP contribution in [0.4, 0.5) is 0 Å². The Hall–Kier alpha value is 2.73. The van der Waals surface area contributed by atoms with E-state index in [1.807, 2.05) is 96.3 Å². The molecule has 0 saturated heterocycles. The minimum absolute atomic E-state index is 0. The molecule has 0 nitrogen and oxygen atoms in total. The monoisotopic (exact) mass is 798 g/mol. The van der Waals surface area contributed by atoms with Gasteiger partial charge in [0.1, 0.15) is 0 Å². The Morgan fingerprint density at radius 2 is 0.417 bits per heavy atom. The molecule has 194 valence electrons. The molecule has 30 radical (unpaired) electrons. The van der Waals surface area contributed by atoms with Crippen LogP contribution in [0.1, 0.15) is 0 Å². The number of rotatable bonds is 3. The van der Waals surface area contributed by atoms with Gasteiger partial charge < -0.3 is 7.43 Å². The van der Waals surface area contributed by atoms with Crippen LogP contribution in [0.25, 0.3) is 0 Å². The zero-order valence-corrected chi connectivity index (χ0v) is 26.3. The summed E-state index contributed by atoms with van der Waals surface area (Å²) >= 11 is 0. The van der Waals surface area contributed by atoms with Gasteiger partial charge in [-0.1, -0.05) is 7.92 Å². The summed E-state index contributed by atoms with van der Waals surface area (Å²) in [6, 6.07) is 0. The fourth-order valence-corrected chi connectivity index (χ4v) is 5.25. The van der Waals surface area contributed by atoms with Crippen LogP contribution in [-0.2, 0) is 73.6 Å². The maximum absolute atomic E-state index is 2.23. The molecule has 6 saturated carbocycles. The maximum atomic E-state index is 2.23. The Kier molecular flexibility index (Phi) is 35.1. The SMILES string of the molecule is [Au+].[CH3-].[CH]1[CH][CH][CH][CH]1.[CH]1[CH][CH][CH][CH]1.[CH]1[CH][CH][CH][CH]1.[CH]1[CH][CH][C](P([C]2[CH][CH][CH][CH]2)[C]2[CH][CH][CH][CH]2)[CH]1.[Fe].[Fe].[Fe]. The predicted molar refractivity (Wildman–Crippen MR) is 139 cm³/mol. The quantitative estimate of drug-likeness (QED) is 0.163. The van der Waals surface area contributed by atoms with Crippen molar-refractivity contribution in [2.75, 3.05) is 0 Å². The summed E-state index contributed by atoms with van der Waals surface area (Å²) in [6.45, 7) is 0. The van der Waals surface area contributed by atoms with Gasteiger partial charge in [0.15, 0.2) is 0 Å². The zero-order valence-electron chi connectivity index (χ0n) is 19.9. The second kappa shape index (κ2) is 29.2. The van der Waals surface area contributed by atoms with Gasteiger partial charge in [-0.25, -0.2) is 0 Å². The van der Waals surface area contributed by atoms with Crippen molar-refractivity contribution in [3.8, 4) is 0 Å². The topological polar surface area (TPSA) is 0 Å². The molecule has 0 unspecified atom stereocenters. The first kappa shape index (κ1) is 43.2. The first-order chi connectivity index (χ1) is 15.4. The predicted octanol–water partition coefficient (Wildman–Crippen LogP) is 7.06. The molecule has 0 aromatic heterocycles. The molecule has 0 spiro atoms. The van der Waals surface area contributed by atoms with Gasteiger partial charge in [0, 0.05) is 68.2 Å². The molecule has 0 heterocycles. The third-order valence-electron chi connectivity index (χ3n) is 4.38. The van der Waals surface area contributed by atoms with Crippen LogP contribution in [0.5, 0.6) is 0 Å². The van der Waals surface area contributed by atoms with E-state index in [1.165, 1.54) is 17.0 Å². The summed E-state index contributed by atoms with van der Waals surface area (Å²) in [5.41, 5.74) is 4.31. The molecule has 6 aliphatic rings. The fourth-order valence-electron chi connectivity index (χ4n) is 2.95. The Morgan fingerprint density at radius 1 is 0.278 bits per heavy atom. The van der Waals surface area contributed by atoms with Gasteiger partial charge in [0.2, 0.25) is 0 Å². The molecular formula is C31H30AuFe3P. The smallest absolute Gasteiger partial charge is 0.358 e. The van der Waals surface area contributed by atoms with Crippen LogP contribution in [-0.4, -0.2) is 0 Å². The summed E-state index contributed by atoms with van der Waals surface area (Å²) in [7, 11) is -0.335. The number of hydrogen-bond acceptors (Lipinski definition) is 0. The third-order valence-corrected chi connectivity index (χ3v) is 6.82. The summed E-state index contributed by atoms with van der Waals surface area (Å²) in [5.74, 6) is 0. The molecule has 36 heavy (non-hydrogen) atoms. The van der Waals surface area contributed by atoms with Crippen LogP contribution < -0.4 is 0 Å². The number of hydrogen-bond donors (Lipinski definition) is 0. The van der Waals surface area contributed by atoms with Gasteiger partial charge in [-0.3, -0.25) is 0 Å². The van der Waals surface area contributed by atoms with Gasteiger partial charge in [-0.05, 0) is 173 Å². The molecule has 0 amide bonds. The van der Waals surface area contributed by atoms with E-state index in [-0.39, 0.29) is 88.9 Å². The van der Waals surface area contributed by atoms with E-state index in [2.05, 4.69) is 77.0 Å². The second-order valence-corrected chi connectivity index (χ2v) is 8.87. The standard InChI is InChI=1S/C15H12P.3C5H5.CH3.Au.3Fe/c1-2-8-13(7-1)16(14-9-3-4-10-14)15-11-5-6-12-15;3*1-2-4-5-3-1;;;;;/h1-12H;3*1-5H;1H3;;;;/q;;;;-1;+1;;;. The molecule has 0 aliphatic heterocycles. The van der Waals surface area contributed by atoms with E-state index in [1.54, 1.807) is 0 Å². The molecule has 0 bridgehead atoms. The Balaban J connectivity index is -0.000000457. The van der Waals surface area contributed by atoms with E-state index >= 15 is 0 Å². The average molecular weight is 798 g/mol. The average Bonchev–Trinajstić information content (AvgIpc) is 3.70. The van der Waals surface area contributed by atoms with Crippen molar-refractivity contribution in [2.45, 2.75) is 0 Å². The van der Waals surface area contributed by atoms with Gasteiger partial charge in [-0.15, -0.1) is 0 Å². The summed E-state index contributed by atoms with van der Waals surface area (Å²) in [4.78, 5) is 0. The molecule has 0 N–H and O–H groups in total. The van der Waals surface area contributed by atoms with Crippen molar-refractivity contribution in [3.63, 3.8) is 0 Å². The Labute approximate surface area is 277 Å². The molecule has 0 aromatic rings. The zero-order chi connectivity index (χ0) is 21.4. The first-order valence-electron chi connectivity index (χ1n) is 10.4. The van der Waals surface area contributed by atoms with Crippen LogP contribution in [0.3, 0.4) is 0 Å². The molecule has 0 atom stereocenters. The van der Waals surface area contributed by atoms with E-state index in [9.17, 15) is 0 Å². The van der Waals surface area contributed by atoms with E-state index in [0.29, 0.717) is 0 Å². The van der Waals surface area contributed by atoms with Crippen LogP contribution in [0.2, 0.25) is 0 Å². The van der Waals surface area contributed by atoms with Crippen molar-refractivity contribution in [1.82, 2.24) is 0 Å². The van der Waals surface area contributed by atoms with Gasteiger partial charge >= 0.3 is 22.4 Å². The largest absolute Gasteiger partial charge is 1.00 e. The van der Waals surface area contributed by atoms with Gasteiger partial charge in [0.25, 0.3) is 0 Å². The van der Waals surface area contributed by atoms with E-state index in [0.717, 1.165) is 0 Å². The summed E-state index contributed by atoms with van der Waals surface area (Å²) in [5, 5.41) is 0. The molecule has 6 fully saturated rings. The van der Waals surface area contributed by atoms with Crippen molar-refractivity contribution >= 4 is 7.92 Å². The molecule has 0 aromatic carbocycles. The van der Waals surface area contributed by atoms with Crippen LogP contribution >= 0.6 is 7.92 Å². The van der Waals surface area contributed by atoms with Gasteiger partial charge in [-0.2, -0.15) is 0 Å². The van der Waals surface area contributed by atoms with Gasteiger partial charge in [0.05, 0.1) is 0 Å². The maximum Gasteiger partial charge on any atom is 1.00 e. The fraction of sp³-hybridized carbons (Fsp3) is 0.